The number of benzene rings is 2. The first-order valence-electron chi connectivity index (χ1n) is 9.75. The van der Waals surface area contributed by atoms with E-state index in [4.69, 9.17) is 10.00 Å². The largest absolute Gasteiger partial charge is 0.497 e. The number of guanidine groups is 1. The van der Waals surface area contributed by atoms with Crippen LogP contribution in [0.15, 0.2) is 47.5 Å². The zero-order valence-electron chi connectivity index (χ0n) is 17.3. The van der Waals surface area contributed by atoms with Gasteiger partial charge < -0.3 is 19.9 Å². The van der Waals surface area contributed by atoms with Crippen molar-refractivity contribution >= 4 is 35.6 Å². The number of hydrogen-bond acceptors (Lipinski definition) is 4. The van der Waals surface area contributed by atoms with E-state index in [9.17, 15) is 4.39 Å². The Labute approximate surface area is 194 Å². The van der Waals surface area contributed by atoms with Gasteiger partial charge in [-0.15, -0.1) is 24.0 Å². The highest BCUT2D eigenvalue weighted by atomic mass is 127. The SMILES string of the molecule is CCNC(=NCc1ccc(C#N)cc1F)N1CCN(c2cccc(OC)c2)CC1.I. The second kappa shape index (κ2) is 11.6. The van der Waals surface area contributed by atoms with Crippen LogP contribution < -0.4 is 15.0 Å². The normalized spacial score (nSPS) is 14.0. The van der Waals surface area contributed by atoms with Crippen molar-refractivity contribution in [3.8, 4) is 11.8 Å². The van der Waals surface area contributed by atoms with Crippen molar-refractivity contribution in [2.75, 3.05) is 44.7 Å². The standard InChI is InChI=1S/C22H26FN5O.HI/c1-3-25-22(26-16-18-8-7-17(15-24)13-21(18)23)28-11-9-27(10-12-28)19-5-4-6-20(14-19)29-2;/h4-8,13-14H,3,9-12,16H2,1-2H3,(H,25,26);1H. The average Bonchev–Trinajstić information content (AvgIpc) is 2.77. The third-order valence-electron chi connectivity index (χ3n) is 4.91. The molecule has 8 heteroatoms. The summed E-state index contributed by atoms with van der Waals surface area (Å²) in [5, 5.41) is 12.2. The van der Waals surface area contributed by atoms with E-state index in [1.165, 1.54) is 6.07 Å². The molecule has 0 radical (unpaired) electrons. The van der Waals surface area contributed by atoms with Crippen molar-refractivity contribution < 1.29 is 9.13 Å². The predicted octanol–water partition coefficient (Wildman–Crippen LogP) is 3.61. The van der Waals surface area contributed by atoms with Crippen LogP contribution in [0.1, 0.15) is 18.1 Å². The van der Waals surface area contributed by atoms with Crippen LogP contribution in [0.4, 0.5) is 10.1 Å². The second-order valence-electron chi connectivity index (χ2n) is 6.76. The summed E-state index contributed by atoms with van der Waals surface area (Å²) in [6.45, 7) is 6.36. The lowest BCUT2D eigenvalue weighted by molar-refractivity contribution is 0.371. The van der Waals surface area contributed by atoms with Crippen LogP contribution in [0, 0.1) is 17.1 Å². The molecule has 1 aliphatic heterocycles. The monoisotopic (exact) mass is 523 g/mol. The van der Waals surface area contributed by atoms with E-state index in [2.05, 4.69) is 26.2 Å². The molecule has 6 nitrogen and oxygen atoms in total. The molecule has 2 aromatic carbocycles. The van der Waals surface area contributed by atoms with Crippen LogP contribution >= 0.6 is 24.0 Å². The van der Waals surface area contributed by atoms with Gasteiger partial charge in [0, 0.05) is 50.0 Å². The summed E-state index contributed by atoms with van der Waals surface area (Å²) < 4.78 is 19.5. The Balaban J connectivity index is 0.00000320. The summed E-state index contributed by atoms with van der Waals surface area (Å²) in [5.74, 6) is 1.23. The van der Waals surface area contributed by atoms with Crippen LogP contribution in [0.5, 0.6) is 5.75 Å². The molecule has 1 heterocycles. The topological polar surface area (TPSA) is 63.9 Å². The van der Waals surface area contributed by atoms with Gasteiger partial charge in [0.2, 0.25) is 0 Å². The number of aliphatic imine (C=N–C) groups is 1. The van der Waals surface area contributed by atoms with Gasteiger partial charge in [0.25, 0.3) is 0 Å². The van der Waals surface area contributed by atoms with Crippen LogP contribution in [-0.2, 0) is 6.54 Å². The Morgan fingerprint density at radius 2 is 1.97 bits per heavy atom. The maximum absolute atomic E-state index is 14.1. The molecule has 3 rings (SSSR count). The first kappa shape index (κ1) is 23.7. The molecular formula is C22H27FIN5O. The van der Waals surface area contributed by atoms with E-state index < -0.39 is 5.82 Å². The Hall–Kier alpha value is -2.54. The highest BCUT2D eigenvalue weighted by Crippen LogP contribution is 2.22. The van der Waals surface area contributed by atoms with Crippen LogP contribution in [0.2, 0.25) is 0 Å². The number of nitrogens with one attached hydrogen (secondary N) is 1. The molecule has 1 fully saturated rings. The van der Waals surface area contributed by atoms with E-state index in [1.807, 2.05) is 31.2 Å². The van der Waals surface area contributed by atoms with E-state index in [0.29, 0.717) is 11.1 Å². The Bertz CT molecular complexity index is 907. The lowest BCUT2D eigenvalue weighted by atomic mass is 10.1. The maximum atomic E-state index is 14.1. The third-order valence-corrected chi connectivity index (χ3v) is 4.91. The molecule has 0 bridgehead atoms. The average molecular weight is 523 g/mol. The Morgan fingerprint density at radius 3 is 2.60 bits per heavy atom. The molecule has 0 aromatic heterocycles. The number of rotatable bonds is 5. The van der Waals surface area contributed by atoms with Gasteiger partial charge in [-0.1, -0.05) is 12.1 Å². The fraction of sp³-hybridized carbons (Fsp3) is 0.364. The van der Waals surface area contributed by atoms with Crippen molar-refractivity contribution in [2.45, 2.75) is 13.5 Å². The van der Waals surface area contributed by atoms with Gasteiger partial charge in [0.15, 0.2) is 5.96 Å². The van der Waals surface area contributed by atoms with Gasteiger partial charge >= 0.3 is 0 Å². The quantitative estimate of drug-likeness (QED) is 0.369. The molecule has 0 spiro atoms. The van der Waals surface area contributed by atoms with Crippen LogP contribution in [0.3, 0.4) is 0 Å². The summed E-state index contributed by atoms with van der Waals surface area (Å²) in [5.41, 5.74) is 1.94. The number of methoxy groups -OCH3 is 1. The number of nitriles is 1. The molecule has 0 saturated carbocycles. The molecule has 0 amide bonds. The van der Waals surface area contributed by atoms with Crippen LogP contribution in [-0.4, -0.2) is 50.7 Å². The molecule has 0 aliphatic carbocycles. The zero-order valence-corrected chi connectivity index (χ0v) is 19.6. The van der Waals surface area contributed by atoms with Gasteiger partial charge in [-0.25, -0.2) is 9.38 Å². The van der Waals surface area contributed by atoms with Crippen molar-refractivity contribution in [3.63, 3.8) is 0 Å². The van der Waals surface area contributed by atoms with E-state index in [-0.39, 0.29) is 30.5 Å². The minimum atomic E-state index is -0.397. The van der Waals surface area contributed by atoms with Crippen molar-refractivity contribution in [1.82, 2.24) is 10.2 Å². The first-order chi connectivity index (χ1) is 14.1. The molecule has 160 valence electrons. The highest BCUT2D eigenvalue weighted by Gasteiger charge is 2.20. The van der Waals surface area contributed by atoms with Crippen molar-refractivity contribution in [1.29, 1.82) is 5.26 Å². The van der Waals surface area contributed by atoms with E-state index in [0.717, 1.165) is 50.1 Å². The van der Waals surface area contributed by atoms with Gasteiger partial charge in [-0.2, -0.15) is 5.26 Å². The summed E-state index contributed by atoms with van der Waals surface area (Å²) in [7, 11) is 1.67. The van der Waals surface area contributed by atoms with Gasteiger partial charge in [0.1, 0.15) is 11.6 Å². The zero-order chi connectivity index (χ0) is 20.6. The predicted molar refractivity (Wildman–Crippen MR) is 128 cm³/mol. The number of anilines is 1. The minimum absolute atomic E-state index is 0. The Morgan fingerprint density at radius 1 is 1.20 bits per heavy atom. The van der Waals surface area contributed by atoms with Gasteiger partial charge in [-0.05, 0) is 31.2 Å². The number of nitrogens with zero attached hydrogens (tertiary/aromatic N) is 4. The van der Waals surface area contributed by atoms with Crippen LogP contribution in [0.25, 0.3) is 0 Å². The van der Waals surface area contributed by atoms with Gasteiger partial charge in [0.05, 0.1) is 25.3 Å². The molecule has 2 aromatic rings. The molecule has 0 unspecified atom stereocenters. The van der Waals surface area contributed by atoms with Gasteiger partial charge in [-0.3, -0.25) is 0 Å². The molecule has 1 saturated heterocycles. The fourth-order valence-corrected chi connectivity index (χ4v) is 3.31. The first-order valence-corrected chi connectivity index (χ1v) is 9.75. The Kier molecular flexibility index (Phi) is 9.17. The second-order valence-corrected chi connectivity index (χ2v) is 6.76. The molecule has 30 heavy (non-hydrogen) atoms. The number of halogens is 2. The lowest BCUT2D eigenvalue weighted by Gasteiger charge is -2.37. The highest BCUT2D eigenvalue weighted by molar-refractivity contribution is 14.0. The van der Waals surface area contributed by atoms with Crippen molar-refractivity contribution in [3.05, 3.63) is 59.4 Å². The molecule has 0 atom stereocenters. The molecular weight excluding hydrogens is 496 g/mol. The molecule has 1 aliphatic rings. The summed E-state index contributed by atoms with van der Waals surface area (Å²) in [6.07, 6.45) is 0. The summed E-state index contributed by atoms with van der Waals surface area (Å²) in [4.78, 5) is 9.14. The number of ether oxygens (including phenoxy) is 1. The fourth-order valence-electron chi connectivity index (χ4n) is 3.31. The lowest BCUT2D eigenvalue weighted by Crippen LogP contribution is -2.52. The van der Waals surface area contributed by atoms with Crippen molar-refractivity contribution in [2.24, 2.45) is 4.99 Å². The number of piperazine rings is 1. The smallest absolute Gasteiger partial charge is 0.194 e. The third kappa shape index (κ3) is 5.98. The van der Waals surface area contributed by atoms with E-state index in [1.54, 1.807) is 19.2 Å². The van der Waals surface area contributed by atoms with E-state index >= 15 is 0 Å². The number of hydrogen-bond donors (Lipinski definition) is 1. The molecule has 1 N–H and O–H groups in total. The maximum Gasteiger partial charge on any atom is 0.194 e. The summed E-state index contributed by atoms with van der Waals surface area (Å²) >= 11 is 0. The minimum Gasteiger partial charge on any atom is -0.497 e. The summed E-state index contributed by atoms with van der Waals surface area (Å²) in [6, 6.07) is 14.5.